The average Bonchev–Trinajstić information content (AvgIpc) is 2.79. The highest BCUT2D eigenvalue weighted by Gasteiger charge is 2.15. The smallest absolute Gasteiger partial charge is 0.338 e. The van der Waals surface area contributed by atoms with Gasteiger partial charge in [-0.25, -0.2) is 14.2 Å². The topological polar surface area (TPSA) is 98.8 Å². The molecule has 0 amide bonds. The summed E-state index contributed by atoms with van der Waals surface area (Å²) in [7, 11) is 0. The Hall–Kier alpha value is -2.96. The first-order valence-corrected chi connectivity index (χ1v) is 6.08. The normalized spacial score (nSPS) is 11.0. The van der Waals surface area contributed by atoms with E-state index in [4.69, 9.17) is 5.11 Å². The molecule has 21 heavy (non-hydrogen) atoms. The van der Waals surface area contributed by atoms with Crippen LogP contribution in [0.1, 0.15) is 16.1 Å². The number of carboxylic acids is 1. The summed E-state index contributed by atoms with van der Waals surface area (Å²) in [5, 5.41) is 8.89. The molecule has 0 aliphatic carbocycles. The van der Waals surface area contributed by atoms with Crippen molar-refractivity contribution in [2.24, 2.45) is 0 Å². The van der Waals surface area contributed by atoms with Crippen LogP contribution in [0.2, 0.25) is 0 Å². The van der Waals surface area contributed by atoms with E-state index in [0.29, 0.717) is 16.8 Å². The third kappa shape index (κ3) is 2.18. The minimum Gasteiger partial charge on any atom is -0.478 e. The molecule has 0 saturated carbocycles. The van der Waals surface area contributed by atoms with E-state index in [1.807, 2.05) is 0 Å². The van der Waals surface area contributed by atoms with Gasteiger partial charge in [-0.15, -0.1) is 0 Å². The van der Waals surface area contributed by atoms with Crippen LogP contribution in [-0.4, -0.2) is 26.0 Å². The van der Waals surface area contributed by atoms with E-state index in [-0.39, 0.29) is 16.8 Å². The second kappa shape index (κ2) is 4.55. The molecule has 0 radical (unpaired) electrons. The van der Waals surface area contributed by atoms with Crippen molar-refractivity contribution in [3.05, 3.63) is 51.7 Å². The lowest BCUT2D eigenvalue weighted by molar-refractivity contribution is 0.0692. The van der Waals surface area contributed by atoms with Crippen LogP contribution >= 0.6 is 0 Å². The second-order valence-corrected chi connectivity index (χ2v) is 4.63. The molecule has 0 aliphatic heterocycles. The van der Waals surface area contributed by atoms with Gasteiger partial charge in [0.2, 0.25) is 0 Å². The van der Waals surface area contributed by atoms with Gasteiger partial charge in [0.15, 0.2) is 5.43 Å². The van der Waals surface area contributed by atoms with Crippen molar-refractivity contribution in [3.8, 4) is 11.4 Å². The SMILES string of the molecule is Cc1cc(=O)c(-c2nc3cc(C(=O)O)c(F)cc3[nH]2)c[nH]1. The molecule has 3 aromatic rings. The molecule has 7 heteroatoms. The summed E-state index contributed by atoms with van der Waals surface area (Å²) >= 11 is 0. The Morgan fingerprint density at radius 3 is 2.76 bits per heavy atom. The highest BCUT2D eigenvalue weighted by Crippen LogP contribution is 2.21. The summed E-state index contributed by atoms with van der Waals surface area (Å²) in [6.45, 7) is 1.75. The molecule has 1 aromatic carbocycles. The first-order valence-electron chi connectivity index (χ1n) is 6.08. The van der Waals surface area contributed by atoms with Crippen LogP contribution in [0.15, 0.2) is 29.2 Å². The van der Waals surface area contributed by atoms with Crippen LogP contribution in [0.5, 0.6) is 0 Å². The number of carboxylic acid groups (broad SMARTS) is 1. The maximum Gasteiger partial charge on any atom is 0.338 e. The summed E-state index contributed by atoms with van der Waals surface area (Å²) in [5.41, 5.74) is 0.923. The van der Waals surface area contributed by atoms with Gasteiger partial charge in [0, 0.05) is 24.0 Å². The van der Waals surface area contributed by atoms with Crippen molar-refractivity contribution in [1.29, 1.82) is 0 Å². The Kier molecular flexibility index (Phi) is 2.83. The molecule has 0 spiro atoms. The number of nitrogens with zero attached hydrogens (tertiary/aromatic N) is 1. The lowest BCUT2D eigenvalue weighted by Crippen LogP contribution is -2.05. The van der Waals surface area contributed by atoms with Crippen molar-refractivity contribution in [3.63, 3.8) is 0 Å². The first kappa shape index (κ1) is 13.0. The molecular weight excluding hydrogens is 277 g/mol. The lowest BCUT2D eigenvalue weighted by Gasteiger charge is -1.96. The standard InChI is InChI=1S/C14H10FN3O3/c1-6-2-12(19)8(5-16-6)13-17-10-3-7(14(20)21)9(15)4-11(10)18-13/h2-5H,1H3,(H,16,19)(H,17,18)(H,20,21). The summed E-state index contributed by atoms with van der Waals surface area (Å²) in [6.07, 6.45) is 1.50. The Bertz CT molecular complexity index is 927. The summed E-state index contributed by atoms with van der Waals surface area (Å²) < 4.78 is 13.6. The predicted molar refractivity (Wildman–Crippen MR) is 73.8 cm³/mol. The number of aromatic nitrogens is 3. The number of benzene rings is 1. The monoisotopic (exact) mass is 287 g/mol. The number of halogens is 1. The fraction of sp³-hybridized carbons (Fsp3) is 0.0714. The van der Waals surface area contributed by atoms with E-state index in [9.17, 15) is 14.0 Å². The van der Waals surface area contributed by atoms with Crippen LogP contribution in [0.25, 0.3) is 22.4 Å². The van der Waals surface area contributed by atoms with Crippen LogP contribution < -0.4 is 5.43 Å². The van der Waals surface area contributed by atoms with Crippen molar-refractivity contribution in [2.75, 3.05) is 0 Å². The van der Waals surface area contributed by atoms with E-state index >= 15 is 0 Å². The van der Waals surface area contributed by atoms with Crippen molar-refractivity contribution < 1.29 is 14.3 Å². The van der Waals surface area contributed by atoms with E-state index < -0.39 is 17.3 Å². The van der Waals surface area contributed by atoms with Gasteiger partial charge in [-0.05, 0) is 13.0 Å². The zero-order valence-electron chi connectivity index (χ0n) is 10.9. The van der Waals surface area contributed by atoms with Crippen LogP contribution in [0.3, 0.4) is 0 Å². The predicted octanol–water partition coefficient (Wildman–Crippen LogP) is 2.06. The molecule has 0 atom stereocenters. The first-order chi connectivity index (χ1) is 9.95. The molecule has 2 aromatic heterocycles. The molecule has 3 N–H and O–H groups in total. The Morgan fingerprint density at radius 1 is 1.33 bits per heavy atom. The van der Waals surface area contributed by atoms with Crippen LogP contribution in [0, 0.1) is 12.7 Å². The summed E-state index contributed by atoms with van der Waals surface area (Å²) in [4.78, 5) is 32.7. The minimum absolute atomic E-state index is 0.232. The third-order valence-electron chi connectivity index (χ3n) is 3.11. The zero-order valence-corrected chi connectivity index (χ0v) is 10.9. The Labute approximate surface area is 117 Å². The van der Waals surface area contributed by atoms with Crippen molar-refractivity contribution >= 4 is 17.0 Å². The largest absolute Gasteiger partial charge is 0.478 e. The van der Waals surface area contributed by atoms with E-state index in [2.05, 4.69) is 15.0 Å². The molecule has 6 nitrogen and oxygen atoms in total. The highest BCUT2D eigenvalue weighted by molar-refractivity contribution is 5.93. The fourth-order valence-electron chi connectivity index (χ4n) is 2.08. The Balaban J connectivity index is 2.21. The number of aromatic carboxylic acids is 1. The average molecular weight is 287 g/mol. The van der Waals surface area contributed by atoms with Gasteiger partial charge in [-0.1, -0.05) is 0 Å². The molecule has 0 aliphatic rings. The molecular formula is C14H10FN3O3. The van der Waals surface area contributed by atoms with Crippen molar-refractivity contribution in [2.45, 2.75) is 6.92 Å². The number of aryl methyl sites for hydroxylation is 1. The second-order valence-electron chi connectivity index (χ2n) is 4.63. The molecule has 0 fully saturated rings. The van der Waals surface area contributed by atoms with Gasteiger partial charge in [0.1, 0.15) is 11.6 Å². The number of hydrogen-bond acceptors (Lipinski definition) is 3. The van der Waals surface area contributed by atoms with E-state index in [1.165, 1.54) is 12.3 Å². The molecule has 0 unspecified atom stereocenters. The van der Waals surface area contributed by atoms with Crippen molar-refractivity contribution in [1.82, 2.24) is 15.0 Å². The van der Waals surface area contributed by atoms with Gasteiger partial charge >= 0.3 is 5.97 Å². The number of fused-ring (bicyclic) bond motifs is 1. The van der Waals surface area contributed by atoms with Gasteiger partial charge in [-0.2, -0.15) is 0 Å². The maximum absolute atomic E-state index is 13.6. The molecule has 0 saturated heterocycles. The number of imidazole rings is 1. The van der Waals surface area contributed by atoms with Gasteiger partial charge in [-0.3, -0.25) is 4.79 Å². The summed E-state index contributed by atoms with van der Waals surface area (Å²) in [6, 6.07) is 3.61. The number of H-pyrrole nitrogens is 2. The molecule has 106 valence electrons. The summed E-state index contributed by atoms with van der Waals surface area (Å²) in [5.74, 6) is -1.97. The fourth-order valence-corrected chi connectivity index (χ4v) is 2.08. The third-order valence-corrected chi connectivity index (χ3v) is 3.11. The zero-order chi connectivity index (χ0) is 15.1. The number of pyridine rings is 1. The lowest BCUT2D eigenvalue weighted by atomic mass is 10.2. The van der Waals surface area contributed by atoms with Crippen LogP contribution in [0.4, 0.5) is 4.39 Å². The number of aromatic amines is 2. The highest BCUT2D eigenvalue weighted by atomic mass is 19.1. The number of carbonyl (C=O) groups is 1. The Morgan fingerprint density at radius 2 is 2.10 bits per heavy atom. The molecule has 0 bridgehead atoms. The number of hydrogen-bond donors (Lipinski definition) is 3. The number of nitrogens with one attached hydrogen (secondary N) is 2. The maximum atomic E-state index is 13.6. The van der Waals surface area contributed by atoms with E-state index in [0.717, 1.165) is 12.1 Å². The van der Waals surface area contributed by atoms with Gasteiger partial charge in [0.05, 0.1) is 22.2 Å². The molecule has 2 heterocycles. The van der Waals surface area contributed by atoms with E-state index in [1.54, 1.807) is 6.92 Å². The van der Waals surface area contributed by atoms with Gasteiger partial charge in [0.25, 0.3) is 0 Å². The van der Waals surface area contributed by atoms with Crippen LogP contribution in [-0.2, 0) is 0 Å². The quantitative estimate of drug-likeness (QED) is 0.671. The minimum atomic E-state index is -1.37. The molecule has 3 rings (SSSR count). The van der Waals surface area contributed by atoms with Gasteiger partial charge < -0.3 is 15.1 Å². The number of rotatable bonds is 2.